The van der Waals surface area contributed by atoms with Gasteiger partial charge in [0.05, 0.1) is 25.0 Å². The van der Waals surface area contributed by atoms with Gasteiger partial charge in [0.1, 0.15) is 0 Å². The molecule has 0 unspecified atom stereocenters. The second kappa shape index (κ2) is 8.24. The van der Waals surface area contributed by atoms with Crippen LogP contribution < -0.4 is 0 Å². The number of nitrogens with zero attached hydrogens (tertiary/aromatic N) is 2. The number of nitriles is 2. The maximum atomic E-state index is 9.09. The smallest absolute Gasteiger partial charge is 0.0669 e. The van der Waals surface area contributed by atoms with Crippen LogP contribution in [0, 0.1) is 36.5 Å². The zero-order chi connectivity index (χ0) is 21.1. The molecule has 2 nitrogen and oxygen atoms in total. The van der Waals surface area contributed by atoms with Gasteiger partial charge in [-0.1, -0.05) is 72.8 Å². The van der Waals surface area contributed by atoms with Crippen molar-refractivity contribution in [2.45, 2.75) is 26.7 Å². The van der Waals surface area contributed by atoms with Gasteiger partial charge in [0.15, 0.2) is 0 Å². The van der Waals surface area contributed by atoms with Crippen molar-refractivity contribution in [3.05, 3.63) is 95.1 Å². The van der Waals surface area contributed by atoms with Crippen LogP contribution in [0.5, 0.6) is 0 Å². The first kappa shape index (κ1) is 19.4. The average Bonchev–Trinajstić information content (AvgIpc) is 2.74. The molecule has 0 radical (unpaired) electrons. The molecule has 4 aromatic carbocycles. The van der Waals surface area contributed by atoms with Crippen molar-refractivity contribution in [1.82, 2.24) is 0 Å². The molecule has 0 aromatic heterocycles. The molecule has 0 bridgehead atoms. The first-order chi connectivity index (χ1) is 14.6. The summed E-state index contributed by atoms with van der Waals surface area (Å²) in [7, 11) is 0. The summed E-state index contributed by atoms with van der Waals surface area (Å²) in [4.78, 5) is 0. The largest absolute Gasteiger partial charge is 0.198 e. The summed E-state index contributed by atoms with van der Waals surface area (Å²) < 4.78 is 0. The number of benzene rings is 4. The molecular formula is C28H22N2. The minimum absolute atomic E-state index is 0.410. The predicted octanol–water partition coefficient (Wildman–Crippen LogP) is 6.92. The average molecular weight is 386 g/mol. The third-order valence-corrected chi connectivity index (χ3v) is 5.62. The Balaban J connectivity index is 1.98. The summed E-state index contributed by atoms with van der Waals surface area (Å²) >= 11 is 0. The standard InChI is InChI=1S/C28H22N2/c1-19-9-11-26-25(27(19)23-7-3-5-21(17-23)13-15-29)12-10-20(2)28(26)24-8-4-6-22(18-24)14-16-30/h3-12,17-18H,13-14H2,1-2H3. The maximum Gasteiger partial charge on any atom is 0.0669 e. The summed E-state index contributed by atoms with van der Waals surface area (Å²) in [6.07, 6.45) is 0.821. The molecule has 0 aliphatic carbocycles. The summed E-state index contributed by atoms with van der Waals surface area (Å²) in [5, 5.41) is 20.6. The van der Waals surface area contributed by atoms with Crippen molar-refractivity contribution >= 4 is 10.8 Å². The fourth-order valence-electron chi connectivity index (χ4n) is 4.25. The van der Waals surface area contributed by atoms with Crippen molar-refractivity contribution in [3.8, 4) is 34.4 Å². The molecule has 0 spiro atoms. The van der Waals surface area contributed by atoms with Gasteiger partial charge in [-0.25, -0.2) is 0 Å². The van der Waals surface area contributed by atoms with Crippen LogP contribution >= 0.6 is 0 Å². The van der Waals surface area contributed by atoms with Gasteiger partial charge in [-0.05, 0) is 69.1 Å². The van der Waals surface area contributed by atoms with Gasteiger partial charge in [0, 0.05) is 0 Å². The number of hydrogen-bond donors (Lipinski definition) is 0. The number of rotatable bonds is 4. The van der Waals surface area contributed by atoms with E-state index < -0.39 is 0 Å². The highest BCUT2D eigenvalue weighted by Crippen LogP contribution is 2.39. The quantitative estimate of drug-likeness (QED) is 0.382. The van der Waals surface area contributed by atoms with Crippen molar-refractivity contribution in [3.63, 3.8) is 0 Å². The predicted molar refractivity (Wildman–Crippen MR) is 123 cm³/mol. The molecule has 0 aliphatic rings. The first-order valence-corrected chi connectivity index (χ1v) is 10.1. The lowest BCUT2D eigenvalue weighted by Crippen LogP contribution is -1.93. The third kappa shape index (κ3) is 3.57. The van der Waals surface area contributed by atoms with Crippen molar-refractivity contribution in [2.24, 2.45) is 0 Å². The van der Waals surface area contributed by atoms with E-state index in [4.69, 9.17) is 10.5 Å². The Labute approximate surface area is 177 Å². The van der Waals surface area contributed by atoms with E-state index in [1.165, 1.54) is 33.0 Å². The lowest BCUT2D eigenvalue weighted by Gasteiger charge is -2.17. The second-order valence-corrected chi connectivity index (χ2v) is 7.68. The summed E-state index contributed by atoms with van der Waals surface area (Å²) in [6.45, 7) is 4.28. The fourth-order valence-corrected chi connectivity index (χ4v) is 4.25. The Morgan fingerprint density at radius 1 is 0.600 bits per heavy atom. The molecule has 0 saturated carbocycles. The molecule has 0 aliphatic heterocycles. The molecule has 0 atom stereocenters. The van der Waals surface area contributed by atoms with Crippen molar-refractivity contribution in [2.75, 3.05) is 0 Å². The lowest BCUT2D eigenvalue weighted by atomic mass is 9.87. The van der Waals surface area contributed by atoms with Crippen molar-refractivity contribution in [1.29, 1.82) is 10.5 Å². The second-order valence-electron chi connectivity index (χ2n) is 7.68. The topological polar surface area (TPSA) is 47.6 Å². The molecule has 144 valence electrons. The molecule has 4 rings (SSSR count). The molecule has 4 aromatic rings. The Kier molecular flexibility index (Phi) is 5.34. The molecule has 0 heterocycles. The van der Waals surface area contributed by atoms with E-state index in [1.54, 1.807) is 0 Å². The highest BCUT2D eigenvalue weighted by molar-refractivity contribution is 6.06. The van der Waals surface area contributed by atoms with Crippen LogP contribution in [-0.2, 0) is 12.8 Å². The summed E-state index contributed by atoms with van der Waals surface area (Å²) in [6, 6.07) is 29.8. The van der Waals surface area contributed by atoms with Crippen LogP contribution in [0.2, 0.25) is 0 Å². The minimum atomic E-state index is 0.410. The molecule has 0 fully saturated rings. The molecule has 30 heavy (non-hydrogen) atoms. The van der Waals surface area contributed by atoms with Gasteiger partial charge >= 0.3 is 0 Å². The highest BCUT2D eigenvalue weighted by atomic mass is 14.2. The van der Waals surface area contributed by atoms with Gasteiger partial charge in [-0.15, -0.1) is 0 Å². The van der Waals surface area contributed by atoms with E-state index in [9.17, 15) is 0 Å². The van der Waals surface area contributed by atoms with Gasteiger partial charge in [-0.2, -0.15) is 10.5 Å². The van der Waals surface area contributed by atoms with Gasteiger partial charge in [0.25, 0.3) is 0 Å². The van der Waals surface area contributed by atoms with Crippen molar-refractivity contribution < 1.29 is 0 Å². The zero-order valence-electron chi connectivity index (χ0n) is 17.2. The maximum absolute atomic E-state index is 9.09. The zero-order valence-corrected chi connectivity index (χ0v) is 17.2. The molecule has 0 amide bonds. The normalized spacial score (nSPS) is 10.5. The van der Waals surface area contributed by atoms with Crippen LogP contribution in [0.25, 0.3) is 33.0 Å². The van der Waals surface area contributed by atoms with Gasteiger partial charge in [-0.3, -0.25) is 0 Å². The van der Waals surface area contributed by atoms with E-state index in [-0.39, 0.29) is 0 Å². The van der Waals surface area contributed by atoms with E-state index in [0.29, 0.717) is 12.8 Å². The van der Waals surface area contributed by atoms with Gasteiger partial charge in [0.2, 0.25) is 0 Å². The van der Waals surface area contributed by atoms with E-state index in [1.807, 2.05) is 24.3 Å². The van der Waals surface area contributed by atoms with Crippen LogP contribution in [0.15, 0.2) is 72.8 Å². The third-order valence-electron chi connectivity index (χ3n) is 5.62. The van der Waals surface area contributed by atoms with Crippen LogP contribution in [0.1, 0.15) is 22.3 Å². The molecular weight excluding hydrogens is 364 g/mol. The Morgan fingerprint density at radius 3 is 1.43 bits per heavy atom. The Bertz CT molecular complexity index is 1230. The van der Waals surface area contributed by atoms with Crippen LogP contribution in [-0.4, -0.2) is 0 Å². The molecule has 2 heteroatoms. The van der Waals surface area contributed by atoms with Crippen LogP contribution in [0.3, 0.4) is 0 Å². The van der Waals surface area contributed by atoms with Crippen LogP contribution in [0.4, 0.5) is 0 Å². The first-order valence-electron chi connectivity index (χ1n) is 10.1. The van der Waals surface area contributed by atoms with E-state index in [0.717, 1.165) is 22.3 Å². The monoisotopic (exact) mass is 386 g/mol. The highest BCUT2D eigenvalue weighted by Gasteiger charge is 2.14. The minimum Gasteiger partial charge on any atom is -0.198 e. The lowest BCUT2D eigenvalue weighted by molar-refractivity contribution is 1.26. The van der Waals surface area contributed by atoms with E-state index in [2.05, 4.69) is 74.5 Å². The number of fused-ring (bicyclic) bond motifs is 1. The Morgan fingerprint density at radius 2 is 1.03 bits per heavy atom. The Hall–Kier alpha value is -3.88. The molecule has 0 saturated heterocycles. The van der Waals surface area contributed by atoms with Gasteiger partial charge < -0.3 is 0 Å². The number of hydrogen-bond acceptors (Lipinski definition) is 2. The fraction of sp³-hybridized carbons (Fsp3) is 0.143. The van der Waals surface area contributed by atoms with E-state index >= 15 is 0 Å². The number of aryl methyl sites for hydroxylation is 2. The summed E-state index contributed by atoms with van der Waals surface area (Å²) in [5.74, 6) is 0. The SMILES string of the molecule is Cc1ccc2c(-c3cccc(CC#N)c3)c(C)ccc2c1-c1cccc(CC#N)c1. The molecule has 0 N–H and O–H groups in total. The summed E-state index contributed by atoms with van der Waals surface area (Å²) in [5.41, 5.74) is 9.18.